The monoisotopic (exact) mass is 265 g/mol. The number of alkyl halides is 1. The molecule has 0 atom stereocenters. The van der Waals surface area contributed by atoms with E-state index in [4.69, 9.17) is 16.3 Å². The average Bonchev–Trinajstić information content (AvgIpc) is 2.16. The molecule has 0 saturated heterocycles. The number of hydrogen-bond acceptors (Lipinski definition) is 4. The van der Waals surface area contributed by atoms with Crippen molar-refractivity contribution >= 4 is 33.5 Å². The van der Waals surface area contributed by atoms with Crippen LogP contribution in [0.5, 0.6) is 5.88 Å². The van der Waals surface area contributed by atoms with Crippen LogP contribution in [0.2, 0.25) is 0 Å². The van der Waals surface area contributed by atoms with Crippen LogP contribution in [-0.4, -0.2) is 29.5 Å². The van der Waals surface area contributed by atoms with Gasteiger partial charge in [-0.05, 0) is 15.9 Å². The second-order valence-corrected chi connectivity index (χ2v) is 3.40. The molecule has 1 heterocycles. The van der Waals surface area contributed by atoms with Crippen LogP contribution in [0.3, 0.4) is 0 Å². The van der Waals surface area contributed by atoms with Gasteiger partial charge in [0, 0.05) is 12.4 Å². The van der Waals surface area contributed by atoms with Crippen molar-refractivity contribution in [2.45, 2.75) is 0 Å². The van der Waals surface area contributed by atoms with E-state index in [1.54, 1.807) is 13.3 Å². The zero-order valence-corrected chi connectivity index (χ0v) is 9.39. The molecule has 6 heteroatoms. The Balaban J connectivity index is 2.74. The molecule has 0 radical (unpaired) electrons. The van der Waals surface area contributed by atoms with Crippen LogP contribution in [0.4, 0.5) is 5.95 Å². The highest BCUT2D eigenvalue weighted by molar-refractivity contribution is 9.10. The number of anilines is 1. The summed E-state index contributed by atoms with van der Waals surface area (Å²) in [5.41, 5.74) is 0. The predicted molar refractivity (Wildman–Crippen MR) is 55.5 cm³/mol. The highest BCUT2D eigenvalue weighted by Crippen LogP contribution is 2.21. The fourth-order valence-corrected chi connectivity index (χ4v) is 1.19. The largest absolute Gasteiger partial charge is 0.480 e. The molecule has 0 aliphatic rings. The molecule has 0 spiro atoms. The van der Waals surface area contributed by atoms with E-state index >= 15 is 0 Å². The zero-order chi connectivity index (χ0) is 9.68. The summed E-state index contributed by atoms with van der Waals surface area (Å²) in [7, 11) is 1.55. The lowest BCUT2D eigenvalue weighted by Gasteiger charge is -2.05. The summed E-state index contributed by atoms with van der Waals surface area (Å²) in [5.74, 6) is 1.54. The molecule has 72 valence electrons. The van der Waals surface area contributed by atoms with Gasteiger partial charge in [-0.2, -0.15) is 4.98 Å². The number of hydrogen-bond donors (Lipinski definition) is 1. The maximum absolute atomic E-state index is 5.50. The van der Waals surface area contributed by atoms with Gasteiger partial charge in [0.25, 0.3) is 0 Å². The first-order valence-electron chi connectivity index (χ1n) is 3.64. The topological polar surface area (TPSA) is 47.0 Å². The first-order valence-corrected chi connectivity index (χ1v) is 4.97. The van der Waals surface area contributed by atoms with Crippen LogP contribution in [0, 0.1) is 0 Å². The van der Waals surface area contributed by atoms with Gasteiger partial charge in [-0.25, -0.2) is 4.98 Å². The number of ether oxygens (including phenoxy) is 1. The number of nitrogens with one attached hydrogen (secondary N) is 1. The minimum Gasteiger partial charge on any atom is -0.480 e. The van der Waals surface area contributed by atoms with Gasteiger partial charge in [0.2, 0.25) is 11.8 Å². The van der Waals surface area contributed by atoms with Crippen molar-refractivity contribution < 1.29 is 4.74 Å². The van der Waals surface area contributed by atoms with Crippen LogP contribution in [-0.2, 0) is 0 Å². The van der Waals surface area contributed by atoms with Gasteiger partial charge in [0.15, 0.2) is 0 Å². The average molecular weight is 267 g/mol. The zero-order valence-electron chi connectivity index (χ0n) is 7.05. The van der Waals surface area contributed by atoms with Crippen molar-refractivity contribution in [1.82, 2.24) is 9.97 Å². The van der Waals surface area contributed by atoms with Crippen molar-refractivity contribution in [2.24, 2.45) is 0 Å². The molecule has 0 saturated carbocycles. The van der Waals surface area contributed by atoms with E-state index in [-0.39, 0.29) is 0 Å². The van der Waals surface area contributed by atoms with E-state index in [1.165, 1.54) is 0 Å². The standard InChI is InChI=1S/C7H9BrClN3O/c1-13-6-5(8)4-11-7(12-6)10-3-2-9/h4H,2-3H2,1H3,(H,10,11,12). The highest BCUT2D eigenvalue weighted by Gasteiger charge is 2.03. The first kappa shape index (κ1) is 10.5. The molecular weight excluding hydrogens is 257 g/mol. The molecule has 1 aromatic rings. The fourth-order valence-electron chi connectivity index (χ4n) is 0.739. The summed E-state index contributed by atoms with van der Waals surface area (Å²) in [6.45, 7) is 0.631. The van der Waals surface area contributed by atoms with E-state index in [9.17, 15) is 0 Å². The second kappa shape index (κ2) is 5.24. The maximum atomic E-state index is 5.50. The Bertz CT molecular complexity index is 284. The third-order valence-corrected chi connectivity index (χ3v) is 2.02. The minimum atomic E-state index is 0.507. The molecule has 1 aromatic heterocycles. The Morgan fingerprint density at radius 3 is 3.08 bits per heavy atom. The number of aromatic nitrogens is 2. The van der Waals surface area contributed by atoms with Crippen molar-refractivity contribution in [1.29, 1.82) is 0 Å². The molecular formula is C7H9BrClN3O. The Morgan fingerprint density at radius 1 is 1.69 bits per heavy atom. The summed E-state index contributed by atoms with van der Waals surface area (Å²) in [6, 6.07) is 0. The van der Waals surface area contributed by atoms with Crippen LogP contribution in [0.15, 0.2) is 10.7 Å². The van der Waals surface area contributed by atoms with Gasteiger partial charge in [-0.3, -0.25) is 0 Å². The first-order chi connectivity index (χ1) is 6.27. The number of halogens is 2. The van der Waals surface area contributed by atoms with E-state index in [2.05, 4.69) is 31.2 Å². The summed E-state index contributed by atoms with van der Waals surface area (Å²) in [6.07, 6.45) is 1.63. The van der Waals surface area contributed by atoms with Crippen molar-refractivity contribution in [2.75, 3.05) is 24.9 Å². The van der Waals surface area contributed by atoms with Gasteiger partial charge >= 0.3 is 0 Å². The van der Waals surface area contributed by atoms with Gasteiger partial charge in [0.05, 0.1) is 17.8 Å². The minimum absolute atomic E-state index is 0.507. The lowest BCUT2D eigenvalue weighted by molar-refractivity contribution is 0.394. The molecule has 4 nitrogen and oxygen atoms in total. The summed E-state index contributed by atoms with van der Waals surface area (Å²) < 4.78 is 5.72. The molecule has 0 bridgehead atoms. The molecule has 1 rings (SSSR count). The van der Waals surface area contributed by atoms with Crippen LogP contribution < -0.4 is 10.1 Å². The van der Waals surface area contributed by atoms with Gasteiger partial charge < -0.3 is 10.1 Å². The van der Waals surface area contributed by atoms with Crippen LogP contribution in [0.25, 0.3) is 0 Å². The molecule has 0 fully saturated rings. The van der Waals surface area contributed by atoms with Gasteiger partial charge in [-0.15, -0.1) is 11.6 Å². The third kappa shape index (κ3) is 3.00. The molecule has 0 aliphatic heterocycles. The van der Waals surface area contributed by atoms with Crippen molar-refractivity contribution in [3.63, 3.8) is 0 Å². The summed E-state index contributed by atoms with van der Waals surface area (Å²) in [5, 5.41) is 2.94. The van der Waals surface area contributed by atoms with E-state index in [0.717, 1.165) is 4.47 Å². The fraction of sp³-hybridized carbons (Fsp3) is 0.429. The third-order valence-electron chi connectivity index (χ3n) is 1.28. The molecule has 0 unspecified atom stereocenters. The Kier molecular flexibility index (Phi) is 4.24. The SMILES string of the molecule is COc1nc(NCCCl)ncc1Br. The number of methoxy groups -OCH3 is 1. The highest BCUT2D eigenvalue weighted by atomic mass is 79.9. The Morgan fingerprint density at radius 2 is 2.46 bits per heavy atom. The number of rotatable bonds is 4. The van der Waals surface area contributed by atoms with E-state index in [1.807, 2.05) is 0 Å². The summed E-state index contributed by atoms with van der Waals surface area (Å²) in [4.78, 5) is 8.09. The summed E-state index contributed by atoms with van der Waals surface area (Å²) >= 11 is 8.75. The van der Waals surface area contributed by atoms with E-state index < -0.39 is 0 Å². The van der Waals surface area contributed by atoms with Crippen LogP contribution in [0.1, 0.15) is 0 Å². The number of nitrogens with zero attached hydrogens (tertiary/aromatic N) is 2. The van der Waals surface area contributed by atoms with Gasteiger partial charge in [0.1, 0.15) is 0 Å². The van der Waals surface area contributed by atoms with E-state index in [0.29, 0.717) is 24.3 Å². The Labute approximate surface area is 89.8 Å². The molecule has 1 N–H and O–H groups in total. The smallest absolute Gasteiger partial charge is 0.232 e. The van der Waals surface area contributed by atoms with Crippen LogP contribution >= 0.6 is 27.5 Å². The van der Waals surface area contributed by atoms with Crippen molar-refractivity contribution in [3.8, 4) is 5.88 Å². The lowest BCUT2D eigenvalue weighted by Crippen LogP contribution is -2.06. The second-order valence-electron chi connectivity index (χ2n) is 2.17. The normalized spacial score (nSPS) is 9.77. The van der Waals surface area contributed by atoms with Gasteiger partial charge in [-0.1, -0.05) is 0 Å². The quantitative estimate of drug-likeness (QED) is 0.846. The molecule has 13 heavy (non-hydrogen) atoms. The molecule has 0 aromatic carbocycles. The Hall–Kier alpha value is -0.550. The predicted octanol–water partition coefficient (Wildman–Crippen LogP) is 1.90. The van der Waals surface area contributed by atoms with Crippen molar-refractivity contribution in [3.05, 3.63) is 10.7 Å². The lowest BCUT2D eigenvalue weighted by atomic mass is 10.6. The maximum Gasteiger partial charge on any atom is 0.232 e. The molecule has 0 aliphatic carbocycles. The molecule has 0 amide bonds.